The van der Waals surface area contributed by atoms with E-state index in [1.807, 2.05) is 0 Å². The minimum absolute atomic E-state index is 0.550. The second-order valence-electron chi connectivity index (χ2n) is 9.75. The molecular weight excluding hydrogens is 553 g/mol. The average Bonchev–Trinajstić information content (AvgIpc) is 3.40. The van der Waals surface area contributed by atoms with Gasteiger partial charge in [-0.1, -0.05) is 163 Å². The van der Waals surface area contributed by atoms with Gasteiger partial charge in [0, 0.05) is 0 Å². The van der Waals surface area contributed by atoms with Crippen molar-refractivity contribution in [1.29, 1.82) is 0 Å². The quantitative estimate of drug-likeness (QED) is 0.173. The van der Waals surface area contributed by atoms with E-state index in [1.165, 1.54) is 0 Å². The summed E-state index contributed by atoms with van der Waals surface area (Å²) in [5.74, 6) is 0. The maximum atomic E-state index is 9.66. The maximum Gasteiger partial charge on any atom is 0.0636 e. The predicted octanol–water partition coefficient (Wildman–Crippen LogP) is 13.0. The summed E-state index contributed by atoms with van der Waals surface area (Å²) in [6.45, 7) is 0. The maximum absolute atomic E-state index is 9.66. The van der Waals surface area contributed by atoms with Gasteiger partial charge in [-0.15, -0.1) is 0 Å². The Hall–Kier alpha value is -5.98. The van der Waals surface area contributed by atoms with Crippen LogP contribution in [0.5, 0.6) is 0 Å². The molecule has 9 rings (SSSR count). The van der Waals surface area contributed by atoms with Gasteiger partial charge in [-0.05, 0) is 106 Å². The van der Waals surface area contributed by atoms with Gasteiger partial charge in [0.15, 0.2) is 0 Å². The monoisotopic (exact) mass is 612 g/mol. The molecule has 0 fully saturated rings. The molecule has 0 saturated carbocycles. The molecule has 0 saturated heterocycles. The molecule has 9 aromatic carbocycles. The molecule has 0 spiro atoms. The summed E-state index contributed by atoms with van der Waals surface area (Å²) < 4.78 is 268. The molecule has 0 unspecified atom stereocenters. The van der Waals surface area contributed by atoms with Crippen LogP contribution in [0, 0.1) is 0 Å². The Morgan fingerprint density at radius 3 is 1.17 bits per heavy atom. The predicted molar refractivity (Wildman–Crippen MR) is 198 cm³/mol. The van der Waals surface area contributed by atoms with Crippen molar-refractivity contribution in [2.45, 2.75) is 0 Å². The molecule has 0 aliphatic carbocycles. The van der Waals surface area contributed by atoms with Crippen LogP contribution < -0.4 is 0 Å². The molecule has 0 amide bonds. The van der Waals surface area contributed by atoms with Gasteiger partial charge in [0.1, 0.15) is 0 Å². The number of hydrogen-bond acceptors (Lipinski definition) is 0. The van der Waals surface area contributed by atoms with Gasteiger partial charge in [-0.25, -0.2) is 0 Å². The fourth-order valence-electron chi connectivity index (χ4n) is 5.09. The number of hydrogen-bond donors (Lipinski definition) is 0. The molecular formula is C46H30. The van der Waals surface area contributed by atoms with Crippen molar-refractivity contribution in [3.63, 3.8) is 0 Å². The Morgan fingerprint density at radius 1 is 0.239 bits per heavy atom. The smallest absolute Gasteiger partial charge is 0.0622 e. The second kappa shape index (κ2) is 10.9. The topological polar surface area (TPSA) is 0 Å². The van der Waals surface area contributed by atoms with Crippen molar-refractivity contribution in [2.75, 3.05) is 0 Å². The normalized spacial score (nSPS) is 20.6. The van der Waals surface area contributed by atoms with Crippen LogP contribution in [0.2, 0.25) is 0 Å². The van der Waals surface area contributed by atoms with Crippen molar-refractivity contribution in [2.24, 2.45) is 0 Å². The first-order valence-electron chi connectivity index (χ1n) is 28.5. The largest absolute Gasteiger partial charge is 0.0636 e. The van der Waals surface area contributed by atoms with E-state index in [4.69, 9.17) is 23.3 Å². The summed E-state index contributed by atoms with van der Waals surface area (Å²) in [4.78, 5) is 0. The summed E-state index contributed by atoms with van der Waals surface area (Å²) in [6.07, 6.45) is 0. The number of benzene rings is 9. The zero-order chi connectivity index (χ0) is 56.6. The first kappa shape index (κ1) is 10.0. The van der Waals surface area contributed by atoms with E-state index in [1.54, 1.807) is 0 Å². The summed E-state index contributed by atoms with van der Waals surface area (Å²) in [5, 5.41) is -5.79. The highest BCUT2D eigenvalue weighted by Crippen LogP contribution is 2.44. The van der Waals surface area contributed by atoms with Crippen LogP contribution in [0.4, 0.5) is 0 Å². The highest BCUT2D eigenvalue weighted by molar-refractivity contribution is 6.21. The van der Waals surface area contributed by atoms with E-state index < -0.39 is 269 Å². The molecule has 214 valence electrons. The highest BCUT2D eigenvalue weighted by atomic mass is 14.2. The van der Waals surface area contributed by atoms with E-state index in [-0.39, 0.29) is 0 Å². The Morgan fingerprint density at radius 2 is 0.587 bits per heavy atom. The van der Waals surface area contributed by atoms with Crippen LogP contribution in [0.3, 0.4) is 0 Å². The van der Waals surface area contributed by atoms with Crippen molar-refractivity contribution in [3.8, 4) is 44.5 Å². The van der Waals surface area contributed by atoms with Crippen molar-refractivity contribution >= 4 is 43.1 Å². The number of rotatable bonds is 4. The van der Waals surface area contributed by atoms with Gasteiger partial charge >= 0.3 is 0 Å². The van der Waals surface area contributed by atoms with Gasteiger partial charge in [-0.2, -0.15) is 0 Å². The number of fused-ring (bicyclic) bond motifs is 4. The molecule has 0 atom stereocenters. The first-order valence-corrected chi connectivity index (χ1v) is 13.5. The molecule has 0 heteroatoms. The Balaban J connectivity index is 1.50. The lowest BCUT2D eigenvalue weighted by Crippen LogP contribution is -1.91. The van der Waals surface area contributed by atoms with Crippen molar-refractivity contribution < 1.29 is 41.1 Å². The van der Waals surface area contributed by atoms with Crippen LogP contribution in [-0.2, 0) is 0 Å². The Labute approximate surface area is 311 Å². The molecule has 0 bridgehead atoms. The molecule has 46 heavy (non-hydrogen) atoms. The second-order valence-corrected chi connectivity index (χ2v) is 9.75. The van der Waals surface area contributed by atoms with E-state index in [0.29, 0.717) is 0 Å². The summed E-state index contributed by atoms with van der Waals surface area (Å²) in [6, 6.07) is -29.0. The van der Waals surface area contributed by atoms with Gasteiger partial charge < -0.3 is 0 Å². The molecule has 0 aliphatic rings. The standard InChI is InChI=1S/C46H30/c1-2-10-31(11-3-1)36-24-25-39-30-40(27-26-38(39)29-36)46-43-16-8-6-14-41(43)45(42-15-7-9-17-44(42)46)34-21-18-33(19-22-34)37-23-20-32-12-4-5-13-35(32)28-37/h1-30H/i1D,2D,3D,4D,5D,6D,7D,8D,9D,10D,11D,12D,13D,14D,15D,16D,17D,18D,19D,20D,21D,22D,23D,24D,25D,26D,27D,28D,29D,30D. The van der Waals surface area contributed by atoms with E-state index in [9.17, 15) is 17.8 Å². The van der Waals surface area contributed by atoms with E-state index in [2.05, 4.69) is 0 Å². The van der Waals surface area contributed by atoms with Crippen LogP contribution in [0.15, 0.2) is 181 Å². The highest BCUT2D eigenvalue weighted by Gasteiger charge is 2.17. The minimum Gasteiger partial charge on any atom is -0.0622 e. The summed E-state index contributed by atoms with van der Waals surface area (Å²) in [7, 11) is 0. The molecule has 0 aromatic heterocycles. The third-order valence-electron chi connectivity index (χ3n) is 7.12. The fourth-order valence-corrected chi connectivity index (χ4v) is 5.09. The third-order valence-corrected chi connectivity index (χ3v) is 7.12. The molecule has 0 radical (unpaired) electrons. The van der Waals surface area contributed by atoms with E-state index >= 15 is 0 Å². The van der Waals surface area contributed by atoms with Gasteiger partial charge in [0.05, 0.1) is 41.1 Å². The van der Waals surface area contributed by atoms with Crippen molar-refractivity contribution in [3.05, 3.63) is 181 Å². The lowest BCUT2D eigenvalue weighted by atomic mass is 9.85. The Kier molecular flexibility index (Phi) is 2.37. The third kappa shape index (κ3) is 4.47. The molecule has 0 nitrogen and oxygen atoms in total. The lowest BCUT2D eigenvalue weighted by molar-refractivity contribution is 1.63. The first-order chi connectivity index (χ1) is 35.3. The van der Waals surface area contributed by atoms with Crippen molar-refractivity contribution in [1.82, 2.24) is 0 Å². The zero-order valence-corrected chi connectivity index (χ0v) is 23.0. The van der Waals surface area contributed by atoms with E-state index in [0.717, 1.165) is 0 Å². The average molecular weight is 613 g/mol. The van der Waals surface area contributed by atoms with Gasteiger partial charge in [-0.3, -0.25) is 0 Å². The summed E-state index contributed by atoms with van der Waals surface area (Å²) in [5.41, 5.74) is -6.41. The molecule has 0 heterocycles. The molecule has 0 aliphatic heterocycles. The fraction of sp³-hybridized carbons (Fsp3) is 0. The molecule has 0 N–H and O–H groups in total. The van der Waals surface area contributed by atoms with Crippen LogP contribution in [0.25, 0.3) is 87.6 Å². The van der Waals surface area contributed by atoms with Crippen LogP contribution in [0.1, 0.15) is 41.1 Å². The summed E-state index contributed by atoms with van der Waals surface area (Å²) >= 11 is 0. The zero-order valence-electron chi connectivity index (χ0n) is 53.0. The Bertz CT molecular complexity index is 4140. The minimum atomic E-state index is -1.12. The SMILES string of the molecule is [2H]c1c([2H])c([2H])c(-c2c([2H])c([2H])c3c([2H])c(-c4c5c([2H])c([2H])c([2H])c([2H])c5c(-c5c([2H])c([2H])c(-c6c([2H])c([2H])c7c([2H])c([2H])c([2H])c([2H])c7c6[2H])c([2H])c5[2H])c5c([2H])c([2H])c([2H])c([2H])c45)c([2H])c([2H])c3c2[2H])c([2H])c1[2H]. The molecule has 9 aromatic rings. The van der Waals surface area contributed by atoms with Crippen LogP contribution in [-0.4, -0.2) is 0 Å². The van der Waals surface area contributed by atoms with Gasteiger partial charge in [0.2, 0.25) is 0 Å². The van der Waals surface area contributed by atoms with Gasteiger partial charge in [0.25, 0.3) is 0 Å². The van der Waals surface area contributed by atoms with Crippen LogP contribution >= 0.6 is 0 Å². The lowest BCUT2D eigenvalue weighted by Gasteiger charge is -2.18.